The molecule has 1 aliphatic rings. The number of methoxy groups -OCH3 is 2. The van der Waals surface area contributed by atoms with Crippen molar-refractivity contribution in [1.29, 1.82) is 0 Å². The summed E-state index contributed by atoms with van der Waals surface area (Å²) in [6.07, 6.45) is 5.01. The fraction of sp³-hybridized carbons (Fsp3) is 0.292. The Labute approximate surface area is 185 Å². The molecule has 1 aliphatic heterocycles. The molecule has 1 unspecified atom stereocenters. The van der Waals surface area contributed by atoms with Crippen LogP contribution in [0.25, 0.3) is 17.5 Å². The summed E-state index contributed by atoms with van der Waals surface area (Å²) < 4.78 is 29.5. The van der Waals surface area contributed by atoms with Crippen molar-refractivity contribution in [2.45, 2.75) is 18.8 Å². The molecule has 0 radical (unpaired) electrons. The van der Waals surface area contributed by atoms with E-state index in [2.05, 4.69) is 10.2 Å². The van der Waals surface area contributed by atoms with E-state index in [0.29, 0.717) is 41.9 Å². The first-order valence-electron chi connectivity index (χ1n) is 10.4. The molecule has 7 nitrogen and oxygen atoms in total. The number of likely N-dealkylation sites (tertiary alicyclic amines) is 1. The van der Waals surface area contributed by atoms with Crippen molar-refractivity contribution in [3.05, 3.63) is 65.8 Å². The van der Waals surface area contributed by atoms with E-state index in [9.17, 15) is 9.18 Å². The van der Waals surface area contributed by atoms with Crippen molar-refractivity contribution in [2.24, 2.45) is 0 Å². The first kappa shape index (κ1) is 21.5. The SMILES string of the molecule is COc1ccc(/C=C/C(=O)N2CCCC(c3nnc(-c4ccc(F)cc4)o3)C2)cc1OC. The van der Waals surface area contributed by atoms with Gasteiger partial charge in [0.1, 0.15) is 5.82 Å². The van der Waals surface area contributed by atoms with Crippen molar-refractivity contribution in [3.63, 3.8) is 0 Å². The van der Waals surface area contributed by atoms with Gasteiger partial charge in [-0.25, -0.2) is 4.39 Å². The summed E-state index contributed by atoms with van der Waals surface area (Å²) >= 11 is 0. The number of rotatable bonds is 6. The van der Waals surface area contributed by atoms with E-state index in [1.165, 1.54) is 12.1 Å². The lowest BCUT2D eigenvalue weighted by molar-refractivity contribution is -0.127. The minimum atomic E-state index is -0.323. The Balaban J connectivity index is 1.42. The van der Waals surface area contributed by atoms with Crippen LogP contribution in [-0.4, -0.2) is 48.3 Å². The van der Waals surface area contributed by atoms with Crippen LogP contribution in [0.4, 0.5) is 4.39 Å². The first-order chi connectivity index (χ1) is 15.6. The lowest BCUT2D eigenvalue weighted by Gasteiger charge is -2.30. The van der Waals surface area contributed by atoms with Gasteiger partial charge in [0.15, 0.2) is 11.5 Å². The first-order valence-corrected chi connectivity index (χ1v) is 10.4. The summed E-state index contributed by atoms with van der Waals surface area (Å²) in [6, 6.07) is 11.4. The highest BCUT2D eigenvalue weighted by molar-refractivity contribution is 5.92. The molecular weight excluding hydrogens is 413 g/mol. The molecule has 0 N–H and O–H groups in total. The van der Waals surface area contributed by atoms with E-state index >= 15 is 0 Å². The molecule has 2 aromatic carbocycles. The number of halogens is 1. The third-order valence-electron chi connectivity index (χ3n) is 5.44. The van der Waals surface area contributed by atoms with Gasteiger partial charge in [0, 0.05) is 24.7 Å². The van der Waals surface area contributed by atoms with E-state index in [0.717, 1.165) is 18.4 Å². The number of benzene rings is 2. The molecule has 8 heteroatoms. The standard InChI is InChI=1S/C24H24FN3O4/c1-30-20-11-5-16(14-21(20)31-2)6-12-22(29)28-13-3-4-18(15-28)24-27-26-23(32-24)17-7-9-19(25)10-8-17/h5-12,14,18H,3-4,13,15H2,1-2H3/b12-6+. The van der Waals surface area contributed by atoms with E-state index in [-0.39, 0.29) is 17.6 Å². The Morgan fingerprint density at radius 3 is 2.66 bits per heavy atom. The Hall–Kier alpha value is -3.68. The van der Waals surface area contributed by atoms with E-state index in [1.807, 2.05) is 12.1 Å². The normalized spacial score (nSPS) is 16.3. The molecule has 1 atom stereocenters. The van der Waals surface area contributed by atoms with Crippen LogP contribution in [0.1, 0.15) is 30.2 Å². The monoisotopic (exact) mass is 437 g/mol. The highest BCUT2D eigenvalue weighted by Crippen LogP contribution is 2.30. The van der Waals surface area contributed by atoms with Gasteiger partial charge in [-0.2, -0.15) is 0 Å². The highest BCUT2D eigenvalue weighted by Gasteiger charge is 2.27. The average Bonchev–Trinajstić information content (AvgIpc) is 3.33. The summed E-state index contributed by atoms with van der Waals surface area (Å²) in [7, 11) is 3.15. The lowest BCUT2D eigenvalue weighted by Crippen LogP contribution is -2.38. The Morgan fingerprint density at radius 2 is 1.91 bits per heavy atom. The minimum Gasteiger partial charge on any atom is -0.493 e. The second-order valence-electron chi connectivity index (χ2n) is 7.52. The molecule has 166 valence electrons. The number of hydrogen-bond donors (Lipinski definition) is 0. The number of carbonyl (C=O) groups is 1. The molecule has 1 fully saturated rings. The zero-order chi connectivity index (χ0) is 22.5. The number of hydrogen-bond acceptors (Lipinski definition) is 6. The maximum Gasteiger partial charge on any atom is 0.247 e. The molecule has 1 saturated heterocycles. The predicted molar refractivity (Wildman–Crippen MR) is 117 cm³/mol. The number of piperidine rings is 1. The predicted octanol–water partition coefficient (Wildman–Crippen LogP) is 4.31. The number of carbonyl (C=O) groups excluding carboxylic acids is 1. The summed E-state index contributed by atoms with van der Waals surface area (Å²) in [5.41, 5.74) is 1.50. The molecule has 0 spiro atoms. The number of amides is 1. The molecule has 3 aromatic rings. The van der Waals surface area contributed by atoms with E-state index < -0.39 is 0 Å². The summed E-state index contributed by atoms with van der Waals surface area (Å²) in [5.74, 6) is 1.63. The van der Waals surface area contributed by atoms with Crippen LogP contribution in [-0.2, 0) is 4.79 Å². The average molecular weight is 437 g/mol. The second-order valence-corrected chi connectivity index (χ2v) is 7.52. The molecule has 0 bridgehead atoms. The van der Waals surface area contributed by atoms with Gasteiger partial charge in [-0.3, -0.25) is 4.79 Å². The van der Waals surface area contributed by atoms with E-state index in [4.69, 9.17) is 13.9 Å². The fourth-order valence-corrected chi connectivity index (χ4v) is 3.72. The van der Waals surface area contributed by atoms with Crippen LogP contribution < -0.4 is 9.47 Å². The maximum atomic E-state index is 13.1. The van der Waals surface area contributed by atoms with Crippen molar-refractivity contribution < 1.29 is 23.1 Å². The van der Waals surface area contributed by atoms with Gasteiger partial charge in [-0.15, -0.1) is 10.2 Å². The van der Waals surface area contributed by atoms with Gasteiger partial charge >= 0.3 is 0 Å². The van der Waals surface area contributed by atoms with E-state index in [1.54, 1.807) is 49.5 Å². The van der Waals surface area contributed by atoms with Gasteiger partial charge < -0.3 is 18.8 Å². The van der Waals surface area contributed by atoms with Crippen LogP contribution in [0.2, 0.25) is 0 Å². The third kappa shape index (κ3) is 4.80. The van der Waals surface area contributed by atoms with Gasteiger partial charge in [-0.1, -0.05) is 6.07 Å². The smallest absolute Gasteiger partial charge is 0.247 e. The zero-order valence-electron chi connectivity index (χ0n) is 18.0. The van der Waals surface area contributed by atoms with Crippen LogP contribution in [0.5, 0.6) is 11.5 Å². The molecule has 1 aromatic heterocycles. The molecular formula is C24H24FN3O4. The number of nitrogens with zero attached hydrogens (tertiary/aromatic N) is 3. The molecule has 4 rings (SSSR count). The second kappa shape index (κ2) is 9.64. The molecule has 0 saturated carbocycles. The van der Waals surface area contributed by atoms with Crippen molar-refractivity contribution >= 4 is 12.0 Å². The minimum absolute atomic E-state index is 0.0381. The van der Waals surface area contributed by atoms with Crippen molar-refractivity contribution in [1.82, 2.24) is 15.1 Å². The van der Waals surface area contributed by atoms with Crippen LogP contribution in [0.3, 0.4) is 0 Å². The topological polar surface area (TPSA) is 77.7 Å². The molecule has 2 heterocycles. The Morgan fingerprint density at radius 1 is 1.12 bits per heavy atom. The summed E-state index contributed by atoms with van der Waals surface area (Å²) in [4.78, 5) is 14.6. The van der Waals surface area contributed by atoms with Crippen LogP contribution in [0, 0.1) is 5.82 Å². The van der Waals surface area contributed by atoms with Crippen molar-refractivity contribution in [3.8, 4) is 23.0 Å². The lowest BCUT2D eigenvalue weighted by atomic mass is 9.98. The third-order valence-corrected chi connectivity index (χ3v) is 5.44. The summed E-state index contributed by atoms with van der Waals surface area (Å²) in [5, 5.41) is 8.26. The molecule has 1 amide bonds. The Kier molecular flexibility index (Phi) is 6.49. The van der Waals surface area contributed by atoms with Crippen LogP contribution >= 0.6 is 0 Å². The van der Waals surface area contributed by atoms with Gasteiger partial charge in [0.25, 0.3) is 0 Å². The van der Waals surface area contributed by atoms with Crippen molar-refractivity contribution in [2.75, 3.05) is 27.3 Å². The fourth-order valence-electron chi connectivity index (χ4n) is 3.72. The summed E-state index contributed by atoms with van der Waals surface area (Å²) in [6.45, 7) is 1.17. The molecule has 32 heavy (non-hydrogen) atoms. The zero-order valence-corrected chi connectivity index (χ0v) is 18.0. The van der Waals surface area contributed by atoms with Gasteiger partial charge in [-0.05, 0) is 60.9 Å². The highest BCUT2D eigenvalue weighted by atomic mass is 19.1. The molecule has 0 aliphatic carbocycles. The maximum absolute atomic E-state index is 13.1. The number of ether oxygens (including phenoxy) is 2. The largest absolute Gasteiger partial charge is 0.493 e. The van der Waals surface area contributed by atoms with Gasteiger partial charge in [0.05, 0.1) is 20.1 Å². The van der Waals surface area contributed by atoms with Gasteiger partial charge in [0.2, 0.25) is 17.7 Å². The quantitative estimate of drug-likeness (QED) is 0.535. The van der Waals surface area contributed by atoms with Crippen LogP contribution in [0.15, 0.2) is 53.0 Å². The number of aromatic nitrogens is 2. The Bertz CT molecular complexity index is 1110.